The third-order valence-electron chi connectivity index (χ3n) is 4.49. The molecule has 0 bridgehead atoms. The minimum Gasteiger partial charge on any atom is -0.387 e. The summed E-state index contributed by atoms with van der Waals surface area (Å²) >= 11 is 0. The Bertz CT molecular complexity index is 477. The summed E-state index contributed by atoms with van der Waals surface area (Å²) in [5.74, 6) is 0.192. The molecule has 1 aromatic rings. The molecule has 5 heteroatoms. The predicted octanol–water partition coefficient (Wildman–Crippen LogP) is 2.11. The van der Waals surface area contributed by atoms with Crippen molar-refractivity contribution in [2.45, 2.75) is 44.7 Å². The van der Waals surface area contributed by atoms with Gasteiger partial charge in [0.1, 0.15) is 12.2 Å². The van der Waals surface area contributed by atoms with E-state index in [2.05, 4.69) is 13.8 Å². The molecule has 0 saturated carbocycles. The number of hydrogen-bond acceptors (Lipinski definition) is 5. The molecule has 6 atom stereocenters. The van der Waals surface area contributed by atoms with Crippen molar-refractivity contribution in [3.8, 4) is 0 Å². The van der Waals surface area contributed by atoms with E-state index in [9.17, 15) is 5.11 Å². The first kappa shape index (κ1) is 15.9. The van der Waals surface area contributed by atoms with Crippen LogP contribution in [0.3, 0.4) is 0 Å². The molecule has 0 aliphatic carbocycles. The third-order valence-corrected chi connectivity index (χ3v) is 4.49. The van der Waals surface area contributed by atoms with Crippen molar-refractivity contribution in [3.63, 3.8) is 0 Å². The van der Waals surface area contributed by atoms with Crippen LogP contribution in [-0.2, 0) is 18.9 Å². The molecule has 3 rings (SSSR count). The van der Waals surface area contributed by atoms with Gasteiger partial charge in [0.05, 0.1) is 12.7 Å². The highest BCUT2D eigenvalue weighted by Gasteiger charge is 2.50. The van der Waals surface area contributed by atoms with Crippen LogP contribution < -0.4 is 0 Å². The Morgan fingerprint density at radius 2 is 1.91 bits per heavy atom. The van der Waals surface area contributed by atoms with E-state index >= 15 is 0 Å². The number of ether oxygens (including phenoxy) is 4. The summed E-state index contributed by atoms with van der Waals surface area (Å²) in [6.45, 7) is 4.60. The average Bonchev–Trinajstić information content (AvgIpc) is 2.54. The fourth-order valence-electron chi connectivity index (χ4n) is 3.38. The van der Waals surface area contributed by atoms with Crippen LogP contribution in [0, 0.1) is 11.8 Å². The molecule has 1 N–H and O–H groups in total. The van der Waals surface area contributed by atoms with Crippen molar-refractivity contribution >= 4 is 0 Å². The molecule has 5 nitrogen and oxygen atoms in total. The van der Waals surface area contributed by atoms with Gasteiger partial charge in [-0.05, 0) is 5.92 Å². The van der Waals surface area contributed by atoms with E-state index in [1.807, 2.05) is 30.3 Å². The fraction of sp³-hybridized carbons (Fsp3) is 0.647. The highest BCUT2D eigenvalue weighted by atomic mass is 16.7. The van der Waals surface area contributed by atoms with Crippen LogP contribution in [0.25, 0.3) is 0 Å². The van der Waals surface area contributed by atoms with Crippen LogP contribution in [0.4, 0.5) is 0 Å². The largest absolute Gasteiger partial charge is 0.387 e. The van der Waals surface area contributed by atoms with Gasteiger partial charge in [-0.25, -0.2) is 0 Å². The quantitative estimate of drug-likeness (QED) is 0.927. The monoisotopic (exact) mass is 308 g/mol. The summed E-state index contributed by atoms with van der Waals surface area (Å²) in [4.78, 5) is 0. The molecule has 2 aliphatic rings. The summed E-state index contributed by atoms with van der Waals surface area (Å²) in [5, 5.41) is 10.5. The van der Waals surface area contributed by atoms with Gasteiger partial charge in [0.25, 0.3) is 0 Å². The van der Waals surface area contributed by atoms with Crippen molar-refractivity contribution in [2.75, 3.05) is 13.7 Å². The molecule has 0 unspecified atom stereocenters. The van der Waals surface area contributed by atoms with Gasteiger partial charge in [-0.3, -0.25) is 0 Å². The van der Waals surface area contributed by atoms with Crippen LogP contribution in [0.1, 0.15) is 25.7 Å². The minimum absolute atomic E-state index is 0.0567. The molecule has 2 fully saturated rings. The summed E-state index contributed by atoms with van der Waals surface area (Å²) in [7, 11) is 1.54. The van der Waals surface area contributed by atoms with E-state index in [0.717, 1.165) is 5.56 Å². The average molecular weight is 308 g/mol. The fourth-order valence-corrected chi connectivity index (χ4v) is 3.38. The summed E-state index contributed by atoms with van der Waals surface area (Å²) in [6, 6.07) is 9.84. The van der Waals surface area contributed by atoms with E-state index in [1.165, 1.54) is 0 Å². The molecule has 2 saturated heterocycles. The van der Waals surface area contributed by atoms with Gasteiger partial charge in [-0.1, -0.05) is 44.2 Å². The van der Waals surface area contributed by atoms with Crippen molar-refractivity contribution in [1.82, 2.24) is 0 Å². The van der Waals surface area contributed by atoms with Crippen LogP contribution >= 0.6 is 0 Å². The first-order valence-electron chi connectivity index (χ1n) is 7.80. The van der Waals surface area contributed by atoms with Crippen molar-refractivity contribution in [2.24, 2.45) is 11.8 Å². The van der Waals surface area contributed by atoms with Crippen molar-refractivity contribution < 1.29 is 24.1 Å². The van der Waals surface area contributed by atoms with E-state index in [-0.39, 0.29) is 24.0 Å². The molecule has 0 amide bonds. The normalized spacial score (nSPS) is 38.8. The lowest BCUT2D eigenvalue weighted by atomic mass is 9.80. The second-order valence-electron chi connectivity index (χ2n) is 6.27. The predicted molar refractivity (Wildman–Crippen MR) is 80.0 cm³/mol. The van der Waals surface area contributed by atoms with Gasteiger partial charge >= 0.3 is 0 Å². The van der Waals surface area contributed by atoms with Crippen LogP contribution in [-0.4, -0.2) is 43.4 Å². The van der Waals surface area contributed by atoms with Crippen molar-refractivity contribution in [3.05, 3.63) is 35.9 Å². The Labute approximate surface area is 131 Å². The summed E-state index contributed by atoms with van der Waals surface area (Å²) in [6.07, 6.45) is -2.19. The first-order valence-corrected chi connectivity index (χ1v) is 7.80. The Morgan fingerprint density at radius 3 is 2.55 bits per heavy atom. The molecule has 122 valence electrons. The van der Waals surface area contributed by atoms with E-state index in [1.54, 1.807) is 7.11 Å². The Hall–Kier alpha value is -0.980. The van der Waals surface area contributed by atoms with Crippen LogP contribution in [0.5, 0.6) is 0 Å². The number of rotatable bonds is 3. The Morgan fingerprint density at radius 1 is 1.18 bits per heavy atom. The number of benzene rings is 1. The maximum atomic E-state index is 10.5. The minimum atomic E-state index is -0.708. The highest BCUT2D eigenvalue weighted by molar-refractivity contribution is 5.16. The van der Waals surface area contributed by atoms with Gasteiger partial charge in [0.2, 0.25) is 0 Å². The SMILES string of the molecule is CO[C@H]1O[C@@H]2CO[C@@H](c3ccccc3)O[C@H]2[C@@H](C(C)C)[C@@H]1O. The van der Waals surface area contributed by atoms with Gasteiger partial charge < -0.3 is 24.1 Å². The van der Waals surface area contributed by atoms with Crippen molar-refractivity contribution in [1.29, 1.82) is 0 Å². The lowest BCUT2D eigenvalue weighted by molar-refractivity contribution is -0.354. The number of aliphatic hydroxyl groups is 1. The van der Waals surface area contributed by atoms with Crippen LogP contribution in [0.2, 0.25) is 0 Å². The molecule has 0 radical (unpaired) electrons. The zero-order valence-corrected chi connectivity index (χ0v) is 13.2. The second kappa shape index (κ2) is 6.64. The van der Waals surface area contributed by atoms with E-state index in [4.69, 9.17) is 18.9 Å². The summed E-state index contributed by atoms with van der Waals surface area (Å²) < 4.78 is 23.0. The topological polar surface area (TPSA) is 57.2 Å². The lowest BCUT2D eigenvalue weighted by Gasteiger charge is -2.49. The molecule has 22 heavy (non-hydrogen) atoms. The Kier molecular flexibility index (Phi) is 4.80. The number of fused-ring (bicyclic) bond motifs is 1. The van der Waals surface area contributed by atoms with Gasteiger partial charge in [-0.2, -0.15) is 0 Å². The van der Waals surface area contributed by atoms with Gasteiger partial charge in [0.15, 0.2) is 12.6 Å². The van der Waals surface area contributed by atoms with E-state index < -0.39 is 18.7 Å². The number of aliphatic hydroxyl groups excluding tert-OH is 1. The maximum Gasteiger partial charge on any atom is 0.184 e. The molecule has 2 heterocycles. The maximum absolute atomic E-state index is 10.5. The third kappa shape index (κ3) is 2.92. The Balaban J connectivity index is 1.81. The van der Waals surface area contributed by atoms with Gasteiger partial charge in [-0.15, -0.1) is 0 Å². The molecular weight excluding hydrogens is 284 g/mol. The smallest absolute Gasteiger partial charge is 0.184 e. The molecule has 1 aromatic carbocycles. The number of hydrogen-bond donors (Lipinski definition) is 1. The molecular formula is C17H24O5. The summed E-state index contributed by atoms with van der Waals surface area (Å²) in [5.41, 5.74) is 0.979. The molecule has 0 spiro atoms. The lowest BCUT2D eigenvalue weighted by Crippen LogP contribution is -2.60. The molecule has 2 aliphatic heterocycles. The first-order chi connectivity index (χ1) is 10.6. The standard InChI is InChI=1S/C17H24O5/c1-10(2)13-14(18)17(19-3)21-12-9-20-16(22-15(12)13)11-7-5-4-6-8-11/h4-8,10,12-18H,9H2,1-3H3/t12-,13+,14+,15-,16-,17+/m1/s1. The zero-order chi connectivity index (χ0) is 15.7. The number of methoxy groups -OCH3 is 1. The van der Waals surface area contributed by atoms with Gasteiger partial charge in [0, 0.05) is 18.6 Å². The zero-order valence-electron chi connectivity index (χ0n) is 13.2. The second-order valence-corrected chi connectivity index (χ2v) is 6.27. The van der Waals surface area contributed by atoms with E-state index in [0.29, 0.717) is 6.61 Å². The van der Waals surface area contributed by atoms with Crippen LogP contribution in [0.15, 0.2) is 30.3 Å². The highest BCUT2D eigenvalue weighted by Crippen LogP contribution is 2.39. The molecule has 0 aromatic heterocycles.